The van der Waals surface area contributed by atoms with Crippen molar-refractivity contribution in [1.82, 2.24) is 0 Å². The van der Waals surface area contributed by atoms with Crippen LogP contribution in [-0.4, -0.2) is 57.9 Å². The number of esters is 1. The molecule has 0 aromatic rings. The van der Waals surface area contributed by atoms with E-state index in [1.807, 2.05) is 0 Å². The van der Waals surface area contributed by atoms with Gasteiger partial charge in [0.05, 0.1) is 31.8 Å². The van der Waals surface area contributed by atoms with Gasteiger partial charge in [0.25, 0.3) is 0 Å². The number of carbonyl (C=O) groups is 1. The van der Waals surface area contributed by atoms with Gasteiger partial charge in [0.15, 0.2) is 0 Å². The highest BCUT2D eigenvalue weighted by molar-refractivity contribution is 5.70. The Hall–Kier alpha value is -0.690. The summed E-state index contributed by atoms with van der Waals surface area (Å²) in [6, 6.07) is 0. The highest BCUT2D eigenvalue weighted by atomic mass is 16.6. The Bertz CT molecular complexity index is 359. The molecule has 0 saturated heterocycles. The summed E-state index contributed by atoms with van der Waals surface area (Å²) in [5.74, 6) is -0.652. The molecule has 0 rings (SSSR count). The number of hydrogen-bond acceptors (Lipinski definition) is 6. The predicted octanol–water partition coefficient (Wildman–Crippen LogP) is 3.87. The van der Waals surface area contributed by atoms with Crippen LogP contribution < -0.4 is 0 Å². The van der Waals surface area contributed by atoms with Gasteiger partial charge in [-0.2, -0.15) is 0 Å². The number of aliphatic hydroxyl groups is 4. The third-order valence-electron chi connectivity index (χ3n) is 5.33. The van der Waals surface area contributed by atoms with Crippen molar-refractivity contribution in [2.75, 3.05) is 13.2 Å². The second-order valence-electron chi connectivity index (χ2n) is 8.24. The Labute approximate surface area is 177 Å². The summed E-state index contributed by atoms with van der Waals surface area (Å²) in [5.41, 5.74) is 0. The first-order chi connectivity index (χ1) is 14.0. The van der Waals surface area contributed by atoms with Crippen molar-refractivity contribution in [2.24, 2.45) is 0 Å². The van der Waals surface area contributed by atoms with E-state index in [9.17, 15) is 15.0 Å². The largest absolute Gasteiger partial charge is 0.457 e. The normalized spacial score (nSPS) is 13.6. The minimum atomic E-state index is -0.939. The maximum absolute atomic E-state index is 11.6. The van der Waals surface area contributed by atoms with E-state index in [0.717, 1.165) is 19.3 Å². The van der Waals surface area contributed by atoms with Crippen LogP contribution in [0.3, 0.4) is 0 Å². The fourth-order valence-corrected chi connectivity index (χ4v) is 3.41. The summed E-state index contributed by atoms with van der Waals surface area (Å²) < 4.78 is 4.81. The lowest BCUT2D eigenvalue weighted by molar-refractivity contribution is -0.155. The zero-order valence-corrected chi connectivity index (χ0v) is 18.6. The van der Waals surface area contributed by atoms with Crippen molar-refractivity contribution in [2.45, 2.75) is 128 Å². The molecule has 0 aliphatic carbocycles. The van der Waals surface area contributed by atoms with Crippen molar-refractivity contribution >= 4 is 5.97 Å². The fraction of sp³-hybridized carbons (Fsp3) is 0.957. The van der Waals surface area contributed by atoms with E-state index in [-0.39, 0.29) is 6.42 Å². The summed E-state index contributed by atoms with van der Waals surface area (Å²) in [6.07, 6.45) is 14.5. The molecule has 0 aromatic heterocycles. The van der Waals surface area contributed by atoms with E-state index in [4.69, 9.17) is 14.9 Å². The molecule has 0 amide bonds. The maximum atomic E-state index is 11.6. The van der Waals surface area contributed by atoms with Crippen LogP contribution in [0.2, 0.25) is 0 Å². The van der Waals surface area contributed by atoms with Crippen molar-refractivity contribution in [1.29, 1.82) is 0 Å². The molecule has 0 aromatic carbocycles. The molecule has 2 atom stereocenters. The van der Waals surface area contributed by atoms with Crippen molar-refractivity contribution in [3.8, 4) is 0 Å². The third kappa shape index (κ3) is 19.0. The topological polar surface area (TPSA) is 107 Å². The van der Waals surface area contributed by atoms with Crippen LogP contribution in [-0.2, 0) is 9.53 Å². The monoisotopic (exact) mass is 418 g/mol. The number of ether oxygens (including phenoxy) is 1. The van der Waals surface area contributed by atoms with Gasteiger partial charge in [-0.05, 0) is 19.3 Å². The molecule has 0 bridgehead atoms. The van der Waals surface area contributed by atoms with Crippen LogP contribution in [0, 0.1) is 0 Å². The second kappa shape index (κ2) is 20.6. The average Bonchev–Trinajstić information content (AvgIpc) is 2.71. The lowest BCUT2D eigenvalue weighted by atomic mass is 10.0. The number of carbonyl (C=O) groups excluding carboxylic acids is 1. The predicted molar refractivity (Wildman–Crippen MR) is 116 cm³/mol. The Kier molecular flexibility index (Phi) is 20.1. The molecule has 4 N–H and O–H groups in total. The van der Waals surface area contributed by atoms with Crippen molar-refractivity contribution in [3.63, 3.8) is 0 Å². The molecule has 0 spiro atoms. The van der Waals surface area contributed by atoms with Crippen LogP contribution in [0.15, 0.2) is 0 Å². The van der Waals surface area contributed by atoms with E-state index in [0.29, 0.717) is 12.8 Å². The molecule has 0 saturated carbocycles. The number of rotatable bonds is 21. The smallest absolute Gasteiger partial charge is 0.308 e. The minimum absolute atomic E-state index is 0.193. The van der Waals surface area contributed by atoms with Crippen molar-refractivity contribution in [3.05, 3.63) is 0 Å². The van der Waals surface area contributed by atoms with E-state index in [1.54, 1.807) is 0 Å². The Morgan fingerprint density at radius 1 is 0.690 bits per heavy atom. The molecule has 174 valence electrons. The number of unbranched alkanes of at least 4 members (excludes halogenated alkanes) is 11. The zero-order chi connectivity index (χ0) is 21.7. The van der Waals surface area contributed by atoms with E-state index in [1.165, 1.54) is 64.2 Å². The van der Waals surface area contributed by atoms with Gasteiger partial charge >= 0.3 is 5.97 Å². The van der Waals surface area contributed by atoms with Gasteiger partial charge in [-0.15, -0.1) is 0 Å². The Balaban J connectivity index is 3.49. The number of hydrogen-bond donors (Lipinski definition) is 4. The van der Waals surface area contributed by atoms with Crippen LogP contribution in [0.5, 0.6) is 0 Å². The van der Waals surface area contributed by atoms with E-state index >= 15 is 0 Å². The molecule has 0 aliphatic heterocycles. The molecule has 0 aliphatic rings. The molecule has 29 heavy (non-hydrogen) atoms. The van der Waals surface area contributed by atoms with Crippen LogP contribution >= 0.6 is 0 Å². The molecule has 0 radical (unpaired) electrons. The molecule has 0 heterocycles. The molecule has 0 unspecified atom stereocenters. The average molecular weight is 419 g/mol. The fourth-order valence-electron chi connectivity index (χ4n) is 3.41. The summed E-state index contributed by atoms with van der Waals surface area (Å²) in [7, 11) is 0. The highest BCUT2D eigenvalue weighted by Crippen LogP contribution is 2.15. The SMILES string of the molecule is CCCCCCCCCCCCCC[C@H](O)CC[C@@H](O)CC(=O)OC(CO)CO. The molecule has 0 fully saturated rings. The first-order valence-electron chi connectivity index (χ1n) is 11.8. The van der Waals surface area contributed by atoms with Gasteiger partial charge in [-0.25, -0.2) is 0 Å². The molecule has 6 heteroatoms. The van der Waals surface area contributed by atoms with Crippen molar-refractivity contribution < 1.29 is 30.0 Å². The third-order valence-corrected chi connectivity index (χ3v) is 5.33. The molecule has 6 nitrogen and oxygen atoms in total. The standard InChI is InChI=1S/C23H46O6/c1-2-3-4-5-6-7-8-9-10-11-12-13-14-20(26)15-16-21(27)17-23(28)29-22(18-24)19-25/h20-22,24-27H,2-19H2,1H3/t20-,21+/m0/s1. The quantitative estimate of drug-likeness (QED) is 0.166. The zero-order valence-electron chi connectivity index (χ0n) is 18.6. The van der Waals surface area contributed by atoms with E-state index in [2.05, 4.69) is 6.92 Å². The van der Waals surface area contributed by atoms with Crippen LogP contribution in [0.25, 0.3) is 0 Å². The Morgan fingerprint density at radius 3 is 1.62 bits per heavy atom. The Morgan fingerprint density at radius 2 is 1.14 bits per heavy atom. The van der Waals surface area contributed by atoms with E-state index < -0.39 is 37.5 Å². The summed E-state index contributed by atoms with van der Waals surface area (Å²) in [4.78, 5) is 11.6. The lowest BCUT2D eigenvalue weighted by Gasteiger charge is -2.16. The van der Waals surface area contributed by atoms with Crippen LogP contribution in [0.1, 0.15) is 110 Å². The lowest BCUT2D eigenvalue weighted by Crippen LogP contribution is -2.27. The first kappa shape index (κ1) is 28.3. The maximum Gasteiger partial charge on any atom is 0.308 e. The molecular weight excluding hydrogens is 372 g/mol. The molecular formula is C23H46O6. The van der Waals surface area contributed by atoms with Crippen LogP contribution in [0.4, 0.5) is 0 Å². The van der Waals surface area contributed by atoms with Gasteiger partial charge in [-0.1, -0.05) is 84.0 Å². The van der Waals surface area contributed by atoms with Gasteiger partial charge in [0.2, 0.25) is 0 Å². The highest BCUT2D eigenvalue weighted by Gasteiger charge is 2.17. The first-order valence-corrected chi connectivity index (χ1v) is 11.8. The summed E-state index contributed by atoms with van der Waals surface area (Å²) in [5, 5.41) is 37.6. The summed E-state index contributed by atoms with van der Waals surface area (Å²) in [6.45, 7) is 1.35. The minimum Gasteiger partial charge on any atom is -0.457 e. The van der Waals surface area contributed by atoms with Gasteiger partial charge in [0, 0.05) is 0 Å². The second-order valence-corrected chi connectivity index (χ2v) is 8.24. The number of aliphatic hydroxyl groups excluding tert-OH is 4. The van der Waals surface area contributed by atoms with Gasteiger partial charge < -0.3 is 25.2 Å². The van der Waals surface area contributed by atoms with Gasteiger partial charge in [0.1, 0.15) is 6.10 Å². The van der Waals surface area contributed by atoms with Gasteiger partial charge in [-0.3, -0.25) is 4.79 Å². The summed E-state index contributed by atoms with van der Waals surface area (Å²) >= 11 is 0.